The zero-order valence-electron chi connectivity index (χ0n) is 13.0. The van der Waals surface area contributed by atoms with Gasteiger partial charge in [0.25, 0.3) is 0 Å². The normalized spacial score (nSPS) is 18.4. The first-order valence-electron chi connectivity index (χ1n) is 7.20. The minimum absolute atomic E-state index is 0.0142. The van der Waals surface area contributed by atoms with E-state index in [2.05, 4.69) is 15.3 Å². The van der Waals surface area contributed by atoms with Crippen molar-refractivity contribution in [1.29, 1.82) is 0 Å². The van der Waals surface area contributed by atoms with Crippen LogP contribution in [0.1, 0.15) is 33.6 Å². The Morgan fingerprint density at radius 2 is 2.27 bits per heavy atom. The second-order valence-corrected chi connectivity index (χ2v) is 6.56. The Balaban J connectivity index is 2.15. The van der Waals surface area contributed by atoms with Gasteiger partial charge in [0, 0.05) is 12.6 Å². The smallest absolute Gasteiger partial charge is 0.414 e. The van der Waals surface area contributed by atoms with Crippen LogP contribution in [0.4, 0.5) is 16.6 Å². The molecule has 22 heavy (non-hydrogen) atoms. The standard InChI is InChI=1S/C14H21ClN4O3/c1-14(2,3)22-13(21)18-12-16-10(15)7-11(17-12)19-6-4-5-9(19)8-20/h7,9,20H,4-6,8H2,1-3H3,(H,16,17,18,21). The Labute approximate surface area is 134 Å². The quantitative estimate of drug-likeness (QED) is 0.829. The molecule has 1 atom stereocenters. The van der Waals surface area contributed by atoms with E-state index in [4.69, 9.17) is 16.3 Å². The summed E-state index contributed by atoms with van der Waals surface area (Å²) >= 11 is 6.00. The average Bonchev–Trinajstić information content (AvgIpc) is 2.83. The van der Waals surface area contributed by atoms with Crippen molar-refractivity contribution in [2.75, 3.05) is 23.4 Å². The number of carbonyl (C=O) groups excluding carboxylic acids is 1. The highest BCUT2D eigenvalue weighted by Crippen LogP contribution is 2.26. The predicted molar refractivity (Wildman–Crippen MR) is 84.4 cm³/mol. The van der Waals surface area contributed by atoms with E-state index in [9.17, 15) is 9.90 Å². The number of halogens is 1. The van der Waals surface area contributed by atoms with E-state index in [1.165, 1.54) is 0 Å². The number of nitrogens with one attached hydrogen (secondary N) is 1. The Morgan fingerprint density at radius 3 is 2.91 bits per heavy atom. The molecule has 1 aliphatic heterocycles. The molecule has 8 heteroatoms. The van der Waals surface area contributed by atoms with Gasteiger partial charge in [0.1, 0.15) is 16.6 Å². The number of amides is 1. The molecule has 1 fully saturated rings. The van der Waals surface area contributed by atoms with Crippen molar-refractivity contribution >= 4 is 29.5 Å². The zero-order chi connectivity index (χ0) is 16.3. The summed E-state index contributed by atoms with van der Waals surface area (Å²) in [4.78, 5) is 22.0. The van der Waals surface area contributed by atoms with Gasteiger partial charge in [-0.05, 0) is 33.6 Å². The van der Waals surface area contributed by atoms with Crippen molar-refractivity contribution in [3.8, 4) is 0 Å². The number of aromatic nitrogens is 2. The monoisotopic (exact) mass is 328 g/mol. The third kappa shape index (κ3) is 4.45. The number of ether oxygens (including phenoxy) is 1. The second-order valence-electron chi connectivity index (χ2n) is 6.17. The Bertz CT molecular complexity index is 547. The zero-order valence-corrected chi connectivity index (χ0v) is 13.7. The lowest BCUT2D eigenvalue weighted by atomic mass is 10.2. The molecule has 0 spiro atoms. The Kier molecular flexibility index (Phi) is 5.08. The molecular weight excluding hydrogens is 308 g/mol. The topological polar surface area (TPSA) is 87.6 Å². The highest BCUT2D eigenvalue weighted by atomic mass is 35.5. The SMILES string of the molecule is CC(C)(C)OC(=O)Nc1nc(Cl)cc(N2CCCC2CO)n1. The molecule has 1 saturated heterocycles. The summed E-state index contributed by atoms with van der Waals surface area (Å²) in [6.07, 6.45) is 1.23. The van der Waals surface area contributed by atoms with Gasteiger partial charge in [-0.25, -0.2) is 9.78 Å². The first-order valence-corrected chi connectivity index (χ1v) is 7.58. The van der Waals surface area contributed by atoms with Crippen molar-refractivity contribution in [2.45, 2.75) is 45.3 Å². The van der Waals surface area contributed by atoms with Crippen LogP contribution < -0.4 is 10.2 Å². The van der Waals surface area contributed by atoms with Crippen molar-refractivity contribution in [3.05, 3.63) is 11.2 Å². The molecule has 0 bridgehead atoms. The molecule has 0 saturated carbocycles. The van der Waals surface area contributed by atoms with E-state index in [0.29, 0.717) is 5.82 Å². The number of hydrogen-bond acceptors (Lipinski definition) is 6. The highest BCUT2D eigenvalue weighted by molar-refractivity contribution is 6.29. The minimum Gasteiger partial charge on any atom is -0.444 e. The largest absolute Gasteiger partial charge is 0.444 e. The van der Waals surface area contributed by atoms with Gasteiger partial charge >= 0.3 is 6.09 Å². The maximum absolute atomic E-state index is 11.8. The van der Waals surface area contributed by atoms with Crippen LogP contribution in [0.2, 0.25) is 5.15 Å². The van der Waals surface area contributed by atoms with Crippen LogP contribution in [0.15, 0.2) is 6.07 Å². The van der Waals surface area contributed by atoms with E-state index in [1.54, 1.807) is 26.8 Å². The molecule has 0 radical (unpaired) electrons. The highest BCUT2D eigenvalue weighted by Gasteiger charge is 2.26. The van der Waals surface area contributed by atoms with Gasteiger partial charge in [0.15, 0.2) is 0 Å². The molecule has 0 aliphatic carbocycles. The van der Waals surface area contributed by atoms with Crippen LogP contribution in [0.25, 0.3) is 0 Å². The lowest BCUT2D eigenvalue weighted by Gasteiger charge is -2.24. The number of hydrogen-bond donors (Lipinski definition) is 2. The number of rotatable bonds is 3. The molecule has 1 aliphatic rings. The summed E-state index contributed by atoms with van der Waals surface area (Å²) in [6.45, 7) is 6.15. The molecule has 2 rings (SSSR count). The first kappa shape index (κ1) is 16.8. The first-order chi connectivity index (χ1) is 10.3. The fraction of sp³-hybridized carbons (Fsp3) is 0.643. The van der Waals surface area contributed by atoms with Gasteiger partial charge in [-0.15, -0.1) is 0 Å². The fourth-order valence-electron chi connectivity index (χ4n) is 2.33. The van der Waals surface area contributed by atoms with Gasteiger partial charge in [-0.1, -0.05) is 11.6 Å². The van der Waals surface area contributed by atoms with Gasteiger partial charge < -0.3 is 14.7 Å². The van der Waals surface area contributed by atoms with Crippen LogP contribution in [0.3, 0.4) is 0 Å². The summed E-state index contributed by atoms with van der Waals surface area (Å²) in [5.41, 5.74) is -0.609. The summed E-state index contributed by atoms with van der Waals surface area (Å²) in [5.74, 6) is 0.669. The summed E-state index contributed by atoms with van der Waals surface area (Å²) in [5, 5.41) is 12.1. The van der Waals surface area contributed by atoms with Gasteiger partial charge in [-0.3, -0.25) is 5.32 Å². The molecule has 1 amide bonds. The van der Waals surface area contributed by atoms with Gasteiger partial charge in [0.05, 0.1) is 12.6 Å². The van der Waals surface area contributed by atoms with Gasteiger partial charge in [0.2, 0.25) is 5.95 Å². The average molecular weight is 329 g/mol. The number of carbonyl (C=O) groups is 1. The molecule has 1 unspecified atom stereocenters. The minimum atomic E-state index is -0.638. The van der Waals surface area contributed by atoms with E-state index in [1.807, 2.05) is 4.90 Å². The lowest BCUT2D eigenvalue weighted by Crippen LogP contribution is -2.33. The molecule has 1 aromatic heterocycles. The van der Waals surface area contributed by atoms with Gasteiger partial charge in [-0.2, -0.15) is 4.98 Å². The number of aliphatic hydroxyl groups excluding tert-OH is 1. The molecule has 2 N–H and O–H groups in total. The van der Waals surface area contributed by atoms with E-state index < -0.39 is 11.7 Å². The lowest BCUT2D eigenvalue weighted by molar-refractivity contribution is 0.0634. The maximum Gasteiger partial charge on any atom is 0.414 e. The second kappa shape index (κ2) is 6.66. The van der Waals surface area contributed by atoms with Crippen LogP contribution >= 0.6 is 11.6 Å². The molecule has 0 aromatic carbocycles. The van der Waals surface area contributed by atoms with Crippen LogP contribution in [0, 0.1) is 0 Å². The van der Waals surface area contributed by atoms with Crippen molar-refractivity contribution in [3.63, 3.8) is 0 Å². The predicted octanol–water partition coefficient (Wildman–Crippen LogP) is 2.44. The third-order valence-electron chi connectivity index (χ3n) is 3.18. The third-order valence-corrected chi connectivity index (χ3v) is 3.37. The molecular formula is C14H21ClN4O3. The van der Waals surface area contributed by atoms with Crippen LogP contribution in [0.5, 0.6) is 0 Å². The fourth-order valence-corrected chi connectivity index (χ4v) is 2.51. The number of nitrogens with zero attached hydrogens (tertiary/aromatic N) is 3. The van der Waals surface area contributed by atoms with Crippen LogP contribution in [-0.4, -0.2) is 46.0 Å². The number of anilines is 2. The Hall–Kier alpha value is -1.60. The molecule has 122 valence electrons. The summed E-state index contributed by atoms with van der Waals surface area (Å²) in [7, 11) is 0. The van der Waals surface area contributed by atoms with Crippen molar-refractivity contribution in [2.24, 2.45) is 0 Å². The van der Waals surface area contributed by atoms with Crippen LogP contribution in [-0.2, 0) is 4.74 Å². The molecule has 7 nitrogen and oxygen atoms in total. The van der Waals surface area contributed by atoms with Crippen molar-refractivity contribution in [1.82, 2.24) is 9.97 Å². The van der Waals surface area contributed by atoms with Crippen molar-refractivity contribution < 1.29 is 14.6 Å². The number of aliphatic hydroxyl groups is 1. The van der Waals surface area contributed by atoms with E-state index in [-0.39, 0.29) is 23.8 Å². The van der Waals surface area contributed by atoms with E-state index >= 15 is 0 Å². The summed E-state index contributed by atoms with van der Waals surface area (Å²) < 4.78 is 5.16. The molecule has 1 aromatic rings. The summed E-state index contributed by atoms with van der Waals surface area (Å²) in [6, 6.07) is 1.64. The molecule has 2 heterocycles. The maximum atomic E-state index is 11.8. The Morgan fingerprint density at radius 1 is 1.55 bits per heavy atom. The van der Waals surface area contributed by atoms with E-state index in [0.717, 1.165) is 19.4 Å².